The van der Waals surface area contributed by atoms with Crippen molar-refractivity contribution in [3.05, 3.63) is 27.4 Å². The number of hydrogen-bond donors (Lipinski definition) is 1. The van der Waals surface area contributed by atoms with Gasteiger partial charge in [0.15, 0.2) is 0 Å². The third kappa shape index (κ3) is 5.12. The largest absolute Gasteiger partial charge is 0.492 e. The average molecular weight is 339 g/mol. The van der Waals surface area contributed by atoms with Crippen molar-refractivity contribution >= 4 is 27.5 Å². The van der Waals surface area contributed by atoms with Crippen LogP contribution >= 0.6 is 27.5 Å². The van der Waals surface area contributed by atoms with E-state index < -0.39 is 5.82 Å². The summed E-state index contributed by atoms with van der Waals surface area (Å²) in [5.41, 5.74) is 0. The molecule has 0 fully saturated rings. The molecule has 0 saturated heterocycles. The van der Waals surface area contributed by atoms with Gasteiger partial charge in [0.2, 0.25) is 0 Å². The fourth-order valence-corrected chi connectivity index (χ4v) is 2.18. The minimum absolute atomic E-state index is 0.0897. The van der Waals surface area contributed by atoms with E-state index in [9.17, 15) is 4.39 Å². The van der Waals surface area contributed by atoms with Crippen molar-refractivity contribution in [2.75, 3.05) is 19.7 Å². The first-order chi connectivity index (χ1) is 8.54. The zero-order chi connectivity index (χ0) is 13.5. The molecule has 0 aromatic heterocycles. The molecule has 0 heterocycles. The predicted molar refractivity (Wildman–Crippen MR) is 76.9 cm³/mol. The molecule has 18 heavy (non-hydrogen) atoms. The van der Waals surface area contributed by atoms with E-state index in [-0.39, 0.29) is 5.02 Å². The number of rotatable bonds is 7. The summed E-state index contributed by atoms with van der Waals surface area (Å²) in [6.45, 7) is 6.64. The topological polar surface area (TPSA) is 21.3 Å². The lowest BCUT2D eigenvalue weighted by atomic mass is 10.2. The Morgan fingerprint density at radius 3 is 2.89 bits per heavy atom. The summed E-state index contributed by atoms with van der Waals surface area (Å²) in [5.74, 6) is 0.382. The Kier molecular flexibility index (Phi) is 6.97. The monoisotopic (exact) mass is 337 g/mol. The van der Waals surface area contributed by atoms with Crippen molar-refractivity contribution in [2.24, 2.45) is 5.92 Å². The van der Waals surface area contributed by atoms with Crippen molar-refractivity contribution < 1.29 is 9.13 Å². The van der Waals surface area contributed by atoms with E-state index >= 15 is 0 Å². The number of benzene rings is 1. The number of halogens is 3. The summed E-state index contributed by atoms with van der Waals surface area (Å²) in [7, 11) is 0. The summed E-state index contributed by atoms with van der Waals surface area (Å²) in [6.07, 6.45) is 1.11. The molecule has 102 valence electrons. The van der Waals surface area contributed by atoms with Crippen molar-refractivity contribution in [1.82, 2.24) is 5.32 Å². The second-order valence-corrected chi connectivity index (χ2v) is 5.58. The van der Waals surface area contributed by atoms with Crippen LogP contribution in [0.1, 0.15) is 20.3 Å². The molecular weight excluding hydrogens is 321 g/mol. The van der Waals surface area contributed by atoms with E-state index in [4.69, 9.17) is 16.3 Å². The first-order valence-corrected chi connectivity index (χ1v) is 7.19. The molecule has 1 aromatic carbocycles. The van der Waals surface area contributed by atoms with Gasteiger partial charge in [-0.15, -0.1) is 0 Å². The second kappa shape index (κ2) is 7.97. The zero-order valence-electron chi connectivity index (χ0n) is 10.6. The molecule has 0 aliphatic rings. The van der Waals surface area contributed by atoms with Gasteiger partial charge in [-0.2, -0.15) is 0 Å². The lowest BCUT2D eigenvalue weighted by Crippen LogP contribution is -2.25. The predicted octanol–water partition coefficient (Wildman–Crippen LogP) is 4.26. The molecule has 0 aliphatic heterocycles. The van der Waals surface area contributed by atoms with Crippen LogP contribution in [-0.4, -0.2) is 19.7 Å². The Hall–Kier alpha value is -0.320. The number of nitrogens with one attached hydrogen (secondary N) is 1. The molecule has 0 spiro atoms. The maximum absolute atomic E-state index is 13.3. The molecule has 0 aliphatic carbocycles. The highest BCUT2D eigenvalue weighted by Gasteiger charge is 2.09. The van der Waals surface area contributed by atoms with Gasteiger partial charge in [-0.25, -0.2) is 4.39 Å². The highest BCUT2D eigenvalue weighted by atomic mass is 79.9. The van der Waals surface area contributed by atoms with Gasteiger partial charge in [-0.3, -0.25) is 0 Å². The maximum Gasteiger partial charge on any atom is 0.145 e. The molecule has 1 atom stereocenters. The van der Waals surface area contributed by atoms with E-state index in [1.54, 1.807) is 0 Å². The standard InChI is InChI=1S/C13H18BrClFNO/c1-3-4-17-7-9(2)8-18-13-6-12(16)11(15)5-10(13)14/h5-6,9,17H,3-4,7-8H2,1-2H3. The molecule has 0 saturated carbocycles. The SMILES string of the molecule is CCCNCC(C)COc1cc(F)c(Cl)cc1Br. The van der Waals surface area contributed by atoms with Crippen LogP contribution in [0.25, 0.3) is 0 Å². The van der Waals surface area contributed by atoms with Crippen molar-refractivity contribution in [2.45, 2.75) is 20.3 Å². The molecule has 1 N–H and O–H groups in total. The van der Waals surface area contributed by atoms with E-state index in [0.29, 0.717) is 22.7 Å². The molecule has 0 amide bonds. The summed E-state index contributed by atoms with van der Waals surface area (Å²) < 4.78 is 19.5. The van der Waals surface area contributed by atoms with E-state index in [2.05, 4.69) is 35.1 Å². The minimum atomic E-state index is -0.466. The highest BCUT2D eigenvalue weighted by molar-refractivity contribution is 9.10. The van der Waals surface area contributed by atoms with Crippen LogP contribution in [0.15, 0.2) is 16.6 Å². The van der Waals surface area contributed by atoms with E-state index in [0.717, 1.165) is 19.5 Å². The van der Waals surface area contributed by atoms with Gasteiger partial charge in [-0.1, -0.05) is 25.4 Å². The summed E-state index contributed by atoms with van der Waals surface area (Å²) >= 11 is 8.97. The molecular formula is C13H18BrClFNO. The fraction of sp³-hybridized carbons (Fsp3) is 0.538. The van der Waals surface area contributed by atoms with Crippen molar-refractivity contribution in [3.8, 4) is 5.75 Å². The van der Waals surface area contributed by atoms with E-state index in [1.807, 2.05) is 0 Å². The van der Waals surface area contributed by atoms with Crippen LogP contribution in [0.4, 0.5) is 4.39 Å². The molecule has 0 radical (unpaired) electrons. The van der Waals surface area contributed by atoms with Crippen LogP contribution in [-0.2, 0) is 0 Å². The Morgan fingerprint density at radius 1 is 1.50 bits per heavy atom. The third-order valence-corrected chi connectivity index (χ3v) is 3.33. The molecule has 1 aromatic rings. The first kappa shape index (κ1) is 15.7. The Labute approximate surface area is 121 Å². The van der Waals surface area contributed by atoms with Crippen LogP contribution < -0.4 is 10.1 Å². The van der Waals surface area contributed by atoms with Crippen LogP contribution in [0.2, 0.25) is 5.02 Å². The zero-order valence-corrected chi connectivity index (χ0v) is 12.9. The second-order valence-electron chi connectivity index (χ2n) is 4.32. The molecule has 0 bridgehead atoms. The average Bonchev–Trinajstić information content (AvgIpc) is 2.32. The van der Waals surface area contributed by atoms with Crippen molar-refractivity contribution in [1.29, 1.82) is 0 Å². The van der Waals surface area contributed by atoms with Gasteiger partial charge in [0.25, 0.3) is 0 Å². The van der Waals surface area contributed by atoms with Gasteiger partial charge in [0.1, 0.15) is 11.6 Å². The van der Waals surface area contributed by atoms with Crippen LogP contribution in [0, 0.1) is 11.7 Å². The van der Waals surface area contributed by atoms with Gasteiger partial charge in [0.05, 0.1) is 16.1 Å². The summed E-state index contributed by atoms with van der Waals surface area (Å²) in [4.78, 5) is 0. The first-order valence-electron chi connectivity index (χ1n) is 6.02. The molecule has 1 unspecified atom stereocenters. The normalized spacial score (nSPS) is 12.5. The quantitative estimate of drug-likeness (QED) is 0.592. The summed E-state index contributed by atoms with van der Waals surface area (Å²) in [5, 5.41) is 3.41. The lowest BCUT2D eigenvalue weighted by Gasteiger charge is -2.15. The summed E-state index contributed by atoms with van der Waals surface area (Å²) in [6, 6.07) is 2.81. The van der Waals surface area contributed by atoms with E-state index in [1.165, 1.54) is 12.1 Å². The van der Waals surface area contributed by atoms with Crippen LogP contribution in [0.3, 0.4) is 0 Å². The fourth-order valence-electron chi connectivity index (χ4n) is 1.43. The Balaban J connectivity index is 2.45. The van der Waals surface area contributed by atoms with Gasteiger partial charge in [0, 0.05) is 18.5 Å². The maximum atomic E-state index is 13.3. The molecule has 1 rings (SSSR count). The number of ether oxygens (including phenoxy) is 1. The Morgan fingerprint density at radius 2 is 2.22 bits per heavy atom. The highest BCUT2D eigenvalue weighted by Crippen LogP contribution is 2.30. The smallest absolute Gasteiger partial charge is 0.145 e. The van der Waals surface area contributed by atoms with Gasteiger partial charge >= 0.3 is 0 Å². The van der Waals surface area contributed by atoms with Crippen molar-refractivity contribution in [3.63, 3.8) is 0 Å². The van der Waals surface area contributed by atoms with Gasteiger partial charge < -0.3 is 10.1 Å². The Bertz CT molecular complexity index is 389. The third-order valence-electron chi connectivity index (χ3n) is 2.42. The number of hydrogen-bond acceptors (Lipinski definition) is 2. The lowest BCUT2D eigenvalue weighted by molar-refractivity contribution is 0.253. The van der Waals surface area contributed by atoms with Crippen LogP contribution in [0.5, 0.6) is 5.75 Å². The van der Waals surface area contributed by atoms with Gasteiger partial charge in [-0.05, 0) is 35.0 Å². The molecule has 2 nitrogen and oxygen atoms in total. The minimum Gasteiger partial charge on any atom is -0.492 e. The molecule has 5 heteroatoms.